The van der Waals surface area contributed by atoms with Gasteiger partial charge in [-0.25, -0.2) is 0 Å². The lowest BCUT2D eigenvalue weighted by molar-refractivity contribution is -0.109. The number of ether oxygens (including phenoxy) is 3. The van der Waals surface area contributed by atoms with Gasteiger partial charge in [-0.1, -0.05) is 80.2 Å². The zero-order valence-corrected chi connectivity index (χ0v) is 21.9. The molecule has 0 N–H and O–H groups in total. The molecule has 2 saturated carbocycles. The predicted octanol–water partition coefficient (Wildman–Crippen LogP) is 7.85. The van der Waals surface area contributed by atoms with Crippen LogP contribution in [-0.2, 0) is 29.1 Å². The van der Waals surface area contributed by atoms with Crippen LogP contribution >= 0.6 is 0 Å². The minimum Gasteiger partial charge on any atom is -0.498 e. The molecule has 0 spiro atoms. The van der Waals surface area contributed by atoms with E-state index in [1.165, 1.54) is 35.1 Å². The molecule has 0 aliphatic heterocycles. The number of aryl methyl sites for hydroxylation is 1. The molecule has 3 aliphatic carbocycles. The Bertz CT molecular complexity index is 1210. The molecule has 0 saturated heterocycles. The van der Waals surface area contributed by atoms with E-state index in [0.29, 0.717) is 31.0 Å². The molecule has 2 fully saturated rings. The van der Waals surface area contributed by atoms with E-state index in [2.05, 4.69) is 86.3 Å². The predicted molar refractivity (Wildman–Crippen MR) is 147 cm³/mol. The van der Waals surface area contributed by atoms with Crippen molar-refractivity contribution in [2.24, 2.45) is 17.3 Å². The van der Waals surface area contributed by atoms with Gasteiger partial charge < -0.3 is 14.2 Å². The average Bonchev–Trinajstić information content (AvgIpc) is 3.27. The maximum absolute atomic E-state index is 6.62. The third-order valence-electron chi connectivity index (χ3n) is 9.38. The van der Waals surface area contributed by atoms with Crippen molar-refractivity contribution < 1.29 is 14.2 Å². The Morgan fingerprint density at radius 2 is 1.62 bits per heavy atom. The largest absolute Gasteiger partial charge is 0.498 e. The van der Waals surface area contributed by atoms with Crippen LogP contribution in [0.1, 0.15) is 60.8 Å². The number of benzene rings is 3. The Labute approximate surface area is 221 Å². The van der Waals surface area contributed by atoms with Gasteiger partial charge in [0.25, 0.3) is 0 Å². The molecule has 0 heterocycles. The van der Waals surface area contributed by atoms with Crippen molar-refractivity contribution in [3.8, 4) is 5.75 Å². The summed E-state index contributed by atoms with van der Waals surface area (Å²) in [5.41, 5.74) is 5.43. The Kier molecular flexibility index (Phi) is 6.82. The molecule has 0 aromatic heterocycles. The summed E-state index contributed by atoms with van der Waals surface area (Å²) in [5.74, 6) is 2.62. The first-order valence-electron chi connectivity index (χ1n) is 13.9. The summed E-state index contributed by atoms with van der Waals surface area (Å²) in [6, 6.07) is 27.7. The molecule has 6 unspecified atom stereocenters. The minimum atomic E-state index is 0.125. The second-order valence-corrected chi connectivity index (χ2v) is 11.4. The van der Waals surface area contributed by atoms with E-state index in [0.717, 1.165) is 25.0 Å². The van der Waals surface area contributed by atoms with Crippen molar-refractivity contribution in [2.75, 3.05) is 0 Å². The fraction of sp³-hybridized carbons (Fsp3) is 0.412. The van der Waals surface area contributed by atoms with Crippen LogP contribution < -0.4 is 4.74 Å². The first-order valence-corrected chi connectivity index (χ1v) is 13.9. The van der Waals surface area contributed by atoms with Crippen LogP contribution in [0.15, 0.2) is 91.7 Å². The molecule has 3 nitrogen and oxygen atoms in total. The van der Waals surface area contributed by atoms with Crippen molar-refractivity contribution in [1.29, 1.82) is 0 Å². The quantitative estimate of drug-likeness (QED) is 0.299. The fourth-order valence-corrected chi connectivity index (χ4v) is 7.69. The molecule has 0 bridgehead atoms. The van der Waals surface area contributed by atoms with Crippen LogP contribution in [0.25, 0.3) is 0 Å². The van der Waals surface area contributed by atoms with Crippen molar-refractivity contribution in [3.63, 3.8) is 0 Å². The van der Waals surface area contributed by atoms with Crippen molar-refractivity contribution in [3.05, 3.63) is 114 Å². The summed E-state index contributed by atoms with van der Waals surface area (Å²) in [5, 5.41) is 0. The molecule has 3 heteroatoms. The molecule has 6 rings (SSSR count). The summed E-state index contributed by atoms with van der Waals surface area (Å²) in [4.78, 5) is 0. The average molecular weight is 495 g/mol. The fourth-order valence-electron chi connectivity index (χ4n) is 7.69. The third kappa shape index (κ3) is 4.70. The highest BCUT2D eigenvalue weighted by molar-refractivity contribution is 5.42. The SMILES string of the molecule is C=COC1CC2(C)C(OCc3ccccc3)CCC2C2CCc3cc(OCc4ccccc4)ccc3C12. The van der Waals surface area contributed by atoms with Gasteiger partial charge >= 0.3 is 0 Å². The van der Waals surface area contributed by atoms with E-state index in [-0.39, 0.29) is 17.6 Å². The summed E-state index contributed by atoms with van der Waals surface area (Å²) in [7, 11) is 0. The standard InChI is InChI=1S/C34H38O3/c1-3-35-31-21-34(2)30(18-19-32(34)37-23-25-12-8-5-9-13-25)29-16-14-26-20-27(15-17-28(26)33(29)31)36-22-24-10-6-4-7-11-24/h3-13,15,17,20,29-33H,1,14,16,18-19,21-23H2,2H3. The molecule has 0 amide bonds. The van der Waals surface area contributed by atoms with E-state index in [1.807, 2.05) is 6.07 Å². The van der Waals surface area contributed by atoms with Crippen LogP contribution in [0.5, 0.6) is 5.75 Å². The number of rotatable bonds is 8. The molecule has 192 valence electrons. The Balaban J connectivity index is 1.21. The van der Waals surface area contributed by atoms with Gasteiger partial charge in [-0.05, 0) is 78.3 Å². The Morgan fingerprint density at radius 1 is 0.892 bits per heavy atom. The van der Waals surface area contributed by atoms with Crippen molar-refractivity contribution in [1.82, 2.24) is 0 Å². The molecule has 3 aliphatic rings. The second-order valence-electron chi connectivity index (χ2n) is 11.4. The van der Waals surface area contributed by atoms with Gasteiger partial charge in [0.15, 0.2) is 0 Å². The van der Waals surface area contributed by atoms with Crippen LogP contribution in [0.2, 0.25) is 0 Å². The van der Waals surface area contributed by atoms with Crippen LogP contribution in [0.3, 0.4) is 0 Å². The Morgan fingerprint density at radius 3 is 2.35 bits per heavy atom. The summed E-state index contributed by atoms with van der Waals surface area (Å²) < 4.78 is 19.1. The molecule has 0 radical (unpaired) electrons. The summed E-state index contributed by atoms with van der Waals surface area (Å²) >= 11 is 0. The van der Waals surface area contributed by atoms with E-state index < -0.39 is 0 Å². The number of hydrogen-bond acceptors (Lipinski definition) is 3. The zero-order valence-electron chi connectivity index (χ0n) is 21.9. The molecule has 6 atom stereocenters. The normalized spacial score (nSPS) is 30.0. The van der Waals surface area contributed by atoms with Gasteiger partial charge in [-0.2, -0.15) is 0 Å². The molecule has 3 aromatic rings. The van der Waals surface area contributed by atoms with Crippen LogP contribution in [-0.4, -0.2) is 12.2 Å². The van der Waals surface area contributed by atoms with Gasteiger partial charge in [-0.15, -0.1) is 0 Å². The Hall–Kier alpha value is -3.04. The second kappa shape index (κ2) is 10.4. The van der Waals surface area contributed by atoms with Gasteiger partial charge in [0.1, 0.15) is 18.5 Å². The lowest BCUT2D eigenvalue weighted by atomic mass is 9.54. The van der Waals surface area contributed by atoms with E-state index in [9.17, 15) is 0 Å². The summed E-state index contributed by atoms with van der Waals surface area (Å²) in [6.45, 7) is 7.69. The lowest BCUT2D eigenvalue weighted by Gasteiger charge is -2.53. The lowest BCUT2D eigenvalue weighted by Crippen LogP contribution is -2.51. The van der Waals surface area contributed by atoms with Gasteiger partial charge in [0, 0.05) is 11.3 Å². The van der Waals surface area contributed by atoms with Crippen molar-refractivity contribution >= 4 is 0 Å². The molecule has 37 heavy (non-hydrogen) atoms. The van der Waals surface area contributed by atoms with Crippen molar-refractivity contribution in [2.45, 2.75) is 70.4 Å². The monoisotopic (exact) mass is 494 g/mol. The number of hydrogen-bond donors (Lipinski definition) is 0. The van der Waals surface area contributed by atoms with E-state index in [1.54, 1.807) is 6.26 Å². The molecule has 3 aromatic carbocycles. The topological polar surface area (TPSA) is 27.7 Å². The maximum atomic E-state index is 6.62. The third-order valence-corrected chi connectivity index (χ3v) is 9.38. The highest BCUT2D eigenvalue weighted by Crippen LogP contribution is 2.62. The van der Waals surface area contributed by atoms with E-state index in [4.69, 9.17) is 14.2 Å². The smallest absolute Gasteiger partial charge is 0.120 e. The van der Waals surface area contributed by atoms with Crippen LogP contribution in [0.4, 0.5) is 0 Å². The first-order chi connectivity index (χ1) is 18.2. The van der Waals surface area contributed by atoms with Crippen LogP contribution in [0, 0.1) is 17.3 Å². The van der Waals surface area contributed by atoms with Gasteiger partial charge in [0.05, 0.1) is 19.0 Å². The van der Waals surface area contributed by atoms with E-state index >= 15 is 0 Å². The maximum Gasteiger partial charge on any atom is 0.120 e. The minimum absolute atomic E-state index is 0.125. The van der Waals surface area contributed by atoms with Gasteiger partial charge in [0.2, 0.25) is 0 Å². The molecular weight excluding hydrogens is 456 g/mol. The number of fused-ring (bicyclic) bond motifs is 5. The first kappa shape index (κ1) is 24.3. The highest BCUT2D eigenvalue weighted by Gasteiger charge is 2.59. The van der Waals surface area contributed by atoms with Gasteiger partial charge in [-0.3, -0.25) is 0 Å². The highest BCUT2D eigenvalue weighted by atomic mass is 16.5. The zero-order chi connectivity index (χ0) is 25.2. The summed E-state index contributed by atoms with van der Waals surface area (Å²) in [6.07, 6.45) is 7.74. The molecular formula is C34H38O3.